The second-order valence-electron chi connectivity index (χ2n) is 10.5. The Morgan fingerprint density at radius 2 is 1.32 bits per heavy atom. The fourth-order valence-electron chi connectivity index (χ4n) is 4.87. The number of nitrogens with zero attached hydrogens (tertiary/aromatic N) is 1. The lowest BCUT2D eigenvalue weighted by Gasteiger charge is -2.32. The third kappa shape index (κ3) is 9.91. The summed E-state index contributed by atoms with van der Waals surface area (Å²) in [5.41, 5.74) is 2.94. The van der Waals surface area contributed by atoms with Gasteiger partial charge in [0, 0.05) is 41.9 Å². The minimum Gasteiger partial charge on any atom is -0.475 e. The zero-order valence-electron chi connectivity index (χ0n) is 23.0. The molecule has 1 aliphatic carbocycles. The molecule has 2 aliphatic rings. The number of likely N-dealkylation sites (tertiary alicyclic amines) is 1. The van der Waals surface area contributed by atoms with Crippen molar-refractivity contribution in [3.05, 3.63) is 65.2 Å². The molecule has 2 fully saturated rings. The van der Waals surface area contributed by atoms with E-state index in [-0.39, 0.29) is 23.6 Å². The molecule has 0 bridgehead atoms. The van der Waals surface area contributed by atoms with Gasteiger partial charge in [-0.05, 0) is 69.0 Å². The molecule has 3 N–H and O–H groups in total. The molecule has 1 saturated heterocycles. The molecule has 0 aromatic heterocycles. The summed E-state index contributed by atoms with van der Waals surface area (Å²) >= 11 is 0. The second-order valence-corrected chi connectivity index (χ2v) is 10.5. The maximum atomic E-state index is 13.0. The standard InChI is InChI=1S/C28H35N3O3.C2HF3O2/c1-20-8-10-21(11-9-20)26(32)30-25-14-12-23(13-15-25)28(34)31-18-16-22(17-19-31)27(33)29-24-6-4-2-3-5-7-24;3-2(4,5)1(6)7/h8-15,22,24H,2-7,16-19H2,1H3,(H,29,33)(H,30,32);(H,6,7). The van der Waals surface area contributed by atoms with Crippen LogP contribution >= 0.6 is 0 Å². The van der Waals surface area contributed by atoms with E-state index in [1.54, 1.807) is 36.4 Å². The number of anilines is 1. The number of carboxylic acid groups (broad SMARTS) is 1. The summed E-state index contributed by atoms with van der Waals surface area (Å²) in [6.45, 7) is 3.16. The van der Waals surface area contributed by atoms with Gasteiger partial charge in [0.1, 0.15) is 0 Å². The average molecular weight is 576 g/mol. The van der Waals surface area contributed by atoms with E-state index < -0.39 is 12.1 Å². The molecule has 2 aromatic rings. The summed E-state index contributed by atoms with van der Waals surface area (Å²) < 4.78 is 31.7. The lowest BCUT2D eigenvalue weighted by atomic mass is 9.94. The summed E-state index contributed by atoms with van der Waals surface area (Å²) in [7, 11) is 0. The average Bonchev–Trinajstić information content (AvgIpc) is 3.22. The number of carbonyl (C=O) groups is 4. The van der Waals surface area contributed by atoms with Crippen LogP contribution in [0.1, 0.15) is 77.6 Å². The third-order valence-corrected chi connectivity index (χ3v) is 7.30. The number of amides is 3. The number of aryl methyl sites for hydroxylation is 1. The quantitative estimate of drug-likeness (QED) is 0.403. The Balaban J connectivity index is 0.000000587. The van der Waals surface area contributed by atoms with Crippen LogP contribution in [0.15, 0.2) is 48.5 Å². The molecule has 8 nitrogen and oxygen atoms in total. The van der Waals surface area contributed by atoms with Gasteiger partial charge in [-0.25, -0.2) is 4.79 Å². The number of halogens is 3. The number of hydrogen-bond acceptors (Lipinski definition) is 4. The maximum absolute atomic E-state index is 13.0. The van der Waals surface area contributed by atoms with Gasteiger partial charge < -0.3 is 20.6 Å². The molecule has 0 spiro atoms. The van der Waals surface area contributed by atoms with E-state index in [1.807, 2.05) is 24.0 Å². The number of nitrogens with one attached hydrogen (secondary N) is 2. The van der Waals surface area contributed by atoms with Crippen LogP contribution in [0.25, 0.3) is 0 Å². The van der Waals surface area contributed by atoms with Crippen molar-refractivity contribution in [1.29, 1.82) is 0 Å². The van der Waals surface area contributed by atoms with Crippen molar-refractivity contribution in [2.45, 2.75) is 70.5 Å². The van der Waals surface area contributed by atoms with Crippen molar-refractivity contribution < 1.29 is 37.5 Å². The first kappa shape index (κ1) is 31.6. The maximum Gasteiger partial charge on any atom is 0.490 e. The molecule has 1 aliphatic heterocycles. The highest BCUT2D eigenvalue weighted by atomic mass is 19.4. The van der Waals surface area contributed by atoms with Crippen LogP contribution in [0.3, 0.4) is 0 Å². The zero-order chi connectivity index (χ0) is 30.0. The van der Waals surface area contributed by atoms with Crippen molar-refractivity contribution in [3.8, 4) is 0 Å². The van der Waals surface area contributed by atoms with E-state index in [9.17, 15) is 27.6 Å². The smallest absolute Gasteiger partial charge is 0.475 e. The third-order valence-electron chi connectivity index (χ3n) is 7.30. The predicted octanol–water partition coefficient (Wildman–Crippen LogP) is 5.57. The van der Waals surface area contributed by atoms with E-state index in [0.717, 1.165) is 18.4 Å². The molecule has 4 rings (SSSR count). The molecule has 41 heavy (non-hydrogen) atoms. The van der Waals surface area contributed by atoms with Crippen LogP contribution in [0.4, 0.5) is 18.9 Å². The zero-order valence-corrected chi connectivity index (χ0v) is 23.0. The Morgan fingerprint density at radius 3 is 1.83 bits per heavy atom. The Bertz CT molecular complexity index is 1180. The summed E-state index contributed by atoms with van der Waals surface area (Å²) in [6, 6.07) is 14.7. The molecule has 0 radical (unpaired) electrons. The van der Waals surface area contributed by atoms with Crippen LogP contribution in [-0.2, 0) is 9.59 Å². The van der Waals surface area contributed by atoms with Gasteiger partial charge in [-0.15, -0.1) is 0 Å². The molecule has 3 amide bonds. The van der Waals surface area contributed by atoms with Crippen LogP contribution in [0, 0.1) is 12.8 Å². The van der Waals surface area contributed by atoms with Gasteiger partial charge in [0.05, 0.1) is 0 Å². The van der Waals surface area contributed by atoms with E-state index in [0.29, 0.717) is 48.8 Å². The Kier molecular flexibility index (Phi) is 11.3. The molecular formula is C30H36F3N3O5. The van der Waals surface area contributed by atoms with Gasteiger partial charge in [0.2, 0.25) is 5.91 Å². The monoisotopic (exact) mass is 575 g/mol. The van der Waals surface area contributed by atoms with Crippen LogP contribution in [-0.4, -0.2) is 59.0 Å². The summed E-state index contributed by atoms with van der Waals surface area (Å²) in [6.07, 6.45) is 3.44. The number of piperidine rings is 1. The van der Waals surface area contributed by atoms with E-state index in [1.165, 1.54) is 25.7 Å². The van der Waals surface area contributed by atoms with E-state index in [2.05, 4.69) is 10.6 Å². The van der Waals surface area contributed by atoms with Crippen LogP contribution in [0.2, 0.25) is 0 Å². The molecule has 0 atom stereocenters. The summed E-state index contributed by atoms with van der Waals surface area (Å²) in [5, 5.41) is 13.3. The minimum atomic E-state index is -5.08. The van der Waals surface area contributed by atoms with Gasteiger partial charge in [-0.1, -0.05) is 43.4 Å². The number of carbonyl (C=O) groups excluding carboxylic acids is 3. The first-order valence-electron chi connectivity index (χ1n) is 13.8. The minimum absolute atomic E-state index is 0.00772. The fraction of sp³-hybridized carbons (Fsp3) is 0.467. The van der Waals surface area contributed by atoms with Crippen molar-refractivity contribution in [2.24, 2.45) is 5.92 Å². The Labute approximate surface area is 237 Å². The summed E-state index contributed by atoms with van der Waals surface area (Å²) in [5.74, 6) is -2.81. The number of aliphatic carboxylic acids is 1. The molecular weight excluding hydrogens is 539 g/mol. The van der Waals surface area contributed by atoms with Crippen molar-refractivity contribution in [1.82, 2.24) is 10.2 Å². The SMILES string of the molecule is Cc1ccc(C(=O)Nc2ccc(C(=O)N3CCC(C(=O)NC4CCCCCC4)CC3)cc2)cc1.O=C(O)C(F)(F)F. The molecule has 0 unspecified atom stereocenters. The van der Waals surface area contributed by atoms with Gasteiger partial charge in [-0.2, -0.15) is 13.2 Å². The van der Waals surface area contributed by atoms with Crippen molar-refractivity contribution >= 4 is 29.4 Å². The topological polar surface area (TPSA) is 116 Å². The molecule has 11 heteroatoms. The fourth-order valence-corrected chi connectivity index (χ4v) is 4.87. The first-order chi connectivity index (χ1) is 19.4. The highest BCUT2D eigenvalue weighted by molar-refractivity contribution is 6.04. The largest absolute Gasteiger partial charge is 0.490 e. The highest BCUT2D eigenvalue weighted by Gasteiger charge is 2.38. The van der Waals surface area contributed by atoms with Gasteiger partial charge >= 0.3 is 12.1 Å². The number of rotatable bonds is 5. The number of alkyl halides is 3. The van der Waals surface area contributed by atoms with Gasteiger partial charge in [-0.3, -0.25) is 14.4 Å². The predicted molar refractivity (Wildman–Crippen MR) is 148 cm³/mol. The molecule has 1 saturated carbocycles. The molecule has 222 valence electrons. The second kappa shape index (κ2) is 14.7. The lowest BCUT2D eigenvalue weighted by Crippen LogP contribution is -2.45. The van der Waals surface area contributed by atoms with Crippen LogP contribution < -0.4 is 10.6 Å². The van der Waals surface area contributed by atoms with E-state index >= 15 is 0 Å². The molecule has 1 heterocycles. The highest BCUT2D eigenvalue weighted by Crippen LogP contribution is 2.23. The Hall–Kier alpha value is -3.89. The first-order valence-corrected chi connectivity index (χ1v) is 13.8. The Morgan fingerprint density at radius 1 is 0.805 bits per heavy atom. The van der Waals surface area contributed by atoms with E-state index in [4.69, 9.17) is 9.90 Å². The van der Waals surface area contributed by atoms with Crippen molar-refractivity contribution in [2.75, 3.05) is 18.4 Å². The van der Waals surface area contributed by atoms with Gasteiger partial charge in [0.15, 0.2) is 0 Å². The summed E-state index contributed by atoms with van der Waals surface area (Å²) in [4.78, 5) is 48.8. The van der Waals surface area contributed by atoms with Crippen LogP contribution in [0.5, 0.6) is 0 Å². The lowest BCUT2D eigenvalue weighted by molar-refractivity contribution is -0.192. The normalized spacial score (nSPS) is 16.5. The van der Waals surface area contributed by atoms with Crippen molar-refractivity contribution in [3.63, 3.8) is 0 Å². The number of benzene rings is 2. The van der Waals surface area contributed by atoms with Gasteiger partial charge in [0.25, 0.3) is 11.8 Å². The number of carboxylic acids is 1. The number of hydrogen-bond donors (Lipinski definition) is 3. The molecule has 2 aromatic carbocycles.